The molecule has 0 radical (unpaired) electrons. The molecule has 7 nitrogen and oxygen atoms in total. The number of anilines is 2. The van der Waals surface area contributed by atoms with Gasteiger partial charge in [0.25, 0.3) is 0 Å². The lowest BCUT2D eigenvalue weighted by molar-refractivity contribution is -0.143. The molecule has 1 fully saturated rings. The summed E-state index contributed by atoms with van der Waals surface area (Å²) in [5.74, 6) is 1.27. The first-order valence-corrected chi connectivity index (χ1v) is 11.4. The molecule has 162 valence electrons. The molecule has 0 spiro atoms. The van der Waals surface area contributed by atoms with Gasteiger partial charge in [-0.25, -0.2) is 15.0 Å². The van der Waals surface area contributed by atoms with Gasteiger partial charge in [0, 0.05) is 18.9 Å². The fourth-order valence-corrected chi connectivity index (χ4v) is 4.74. The highest BCUT2D eigenvalue weighted by atomic mass is 32.1. The SMILES string of the molecule is Cc1ccnc(Nc2cccc(-c3cnc(CNCC4CCC(C(=O)O)CC4)s3)n2)c1. The van der Waals surface area contributed by atoms with E-state index >= 15 is 0 Å². The van der Waals surface area contributed by atoms with Crippen molar-refractivity contribution in [3.63, 3.8) is 0 Å². The Morgan fingerprint density at radius 2 is 2.00 bits per heavy atom. The molecule has 31 heavy (non-hydrogen) atoms. The van der Waals surface area contributed by atoms with Gasteiger partial charge in [-0.05, 0) is 74.9 Å². The summed E-state index contributed by atoms with van der Waals surface area (Å²) >= 11 is 1.64. The van der Waals surface area contributed by atoms with E-state index in [0.29, 0.717) is 12.5 Å². The van der Waals surface area contributed by atoms with Gasteiger partial charge in [-0.3, -0.25) is 4.79 Å². The van der Waals surface area contributed by atoms with Crippen molar-refractivity contribution in [2.75, 3.05) is 11.9 Å². The molecule has 1 saturated carbocycles. The summed E-state index contributed by atoms with van der Waals surface area (Å²) in [6.07, 6.45) is 7.19. The van der Waals surface area contributed by atoms with E-state index in [-0.39, 0.29) is 5.92 Å². The highest BCUT2D eigenvalue weighted by Gasteiger charge is 2.25. The van der Waals surface area contributed by atoms with Gasteiger partial charge in [0.15, 0.2) is 0 Å². The minimum absolute atomic E-state index is 0.155. The lowest BCUT2D eigenvalue weighted by atomic mass is 9.82. The zero-order valence-corrected chi connectivity index (χ0v) is 18.4. The van der Waals surface area contributed by atoms with Crippen molar-refractivity contribution in [2.24, 2.45) is 11.8 Å². The Kier molecular flexibility index (Phi) is 6.89. The second kappa shape index (κ2) is 9.98. The largest absolute Gasteiger partial charge is 0.481 e. The van der Waals surface area contributed by atoms with Gasteiger partial charge in [0.05, 0.1) is 16.5 Å². The maximum atomic E-state index is 11.1. The van der Waals surface area contributed by atoms with Crippen LogP contribution in [0.1, 0.15) is 36.3 Å². The Hall–Kier alpha value is -2.84. The maximum Gasteiger partial charge on any atom is 0.306 e. The third-order valence-corrected chi connectivity index (χ3v) is 6.65. The van der Waals surface area contributed by atoms with Crippen LogP contribution in [0.2, 0.25) is 0 Å². The van der Waals surface area contributed by atoms with E-state index < -0.39 is 5.97 Å². The number of aliphatic carboxylic acids is 1. The van der Waals surface area contributed by atoms with E-state index in [1.165, 1.54) is 0 Å². The molecule has 0 saturated heterocycles. The van der Waals surface area contributed by atoms with Crippen molar-refractivity contribution >= 4 is 28.9 Å². The van der Waals surface area contributed by atoms with E-state index in [0.717, 1.165) is 65.0 Å². The molecule has 0 aromatic carbocycles. The van der Waals surface area contributed by atoms with Crippen LogP contribution in [-0.4, -0.2) is 32.6 Å². The second-order valence-corrected chi connectivity index (χ2v) is 9.17. The molecule has 0 aliphatic heterocycles. The number of hydrogen-bond acceptors (Lipinski definition) is 7. The Labute approximate surface area is 186 Å². The predicted octanol–water partition coefficient (Wildman–Crippen LogP) is 4.63. The predicted molar refractivity (Wildman–Crippen MR) is 122 cm³/mol. The zero-order chi connectivity index (χ0) is 21.6. The fraction of sp³-hybridized carbons (Fsp3) is 0.391. The van der Waals surface area contributed by atoms with Gasteiger partial charge in [-0.15, -0.1) is 11.3 Å². The number of nitrogens with zero attached hydrogens (tertiary/aromatic N) is 3. The number of carbonyl (C=O) groups is 1. The molecule has 3 aromatic heterocycles. The van der Waals surface area contributed by atoms with Crippen LogP contribution in [0.15, 0.2) is 42.7 Å². The molecule has 0 atom stereocenters. The first-order chi connectivity index (χ1) is 15.1. The van der Waals surface area contributed by atoms with Crippen molar-refractivity contribution in [3.8, 4) is 10.6 Å². The van der Waals surface area contributed by atoms with E-state index in [9.17, 15) is 4.79 Å². The first kappa shape index (κ1) is 21.4. The summed E-state index contributed by atoms with van der Waals surface area (Å²) in [5, 5.41) is 16.9. The van der Waals surface area contributed by atoms with Crippen molar-refractivity contribution in [1.82, 2.24) is 20.3 Å². The standard InChI is InChI=1S/C23H27N5O2S/c1-15-9-10-25-21(11-15)28-20-4-2-3-18(27-20)19-13-26-22(31-19)14-24-12-16-5-7-17(8-6-16)23(29)30/h2-4,9-11,13,16-17,24H,5-8,12,14H2,1H3,(H,29,30)(H,25,27,28). The molecule has 1 aliphatic rings. The number of pyridine rings is 2. The smallest absolute Gasteiger partial charge is 0.306 e. The lowest BCUT2D eigenvalue weighted by Gasteiger charge is -2.26. The van der Waals surface area contributed by atoms with Crippen molar-refractivity contribution in [1.29, 1.82) is 0 Å². The van der Waals surface area contributed by atoms with Gasteiger partial charge in [0.2, 0.25) is 0 Å². The summed E-state index contributed by atoms with van der Waals surface area (Å²) in [7, 11) is 0. The van der Waals surface area contributed by atoms with Gasteiger partial charge in [0.1, 0.15) is 16.6 Å². The Bertz CT molecular complexity index is 1030. The van der Waals surface area contributed by atoms with Gasteiger partial charge >= 0.3 is 5.97 Å². The highest BCUT2D eigenvalue weighted by Crippen LogP contribution is 2.29. The van der Waals surface area contributed by atoms with E-state index in [4.69, 9.17) is 10.1 Å². The molecule has 4 rings (SSSR count). The van der Waals surface area contributed by atoms with Gasteiger partial charge in [-0.1, -0.05) is 6.07 Å². The summed E-state index contributed by atoms with van der Waals surface area (Å²) in [4.78, 5) is 25.7. The second-order valence-electron chi connectivity index (χ2n) is 8.06. The number of aryl methyl sites for hydroxylation is 1. The average Bonchev–Trinajstić information content (AvgIpc) is 3.23. The molecular formula is C23H27N5O2S. The lowest BCUT2D eigenvalue weighted by Crippen LogP contribution is -2.28. The Morgan fingerprint density at radius 3 is 2.77 bits per heavy atom. The number of thiazole rings is 1. The topological polar surface area (TPSA) is 100 Å². The van der Waals surface area contributed by atoms with Crippen LogP contribution < -0.4 is 10.6 Å². The van der Waals surface area contributed by atoms with Crippen LogP contribution in [0, 0.1) is 18.8 Å². The fourth-order valence-electron chi connectivity index (χ4n) is 3.88. The van der Waals surface area contributed by atoms with Crippen LogP contribution in [0.5, 0.6) is 0 Å². The van der Waals surface area contributed by atoms with Crippen LogP contribution in [0.25, 0.3) is 10.6 Å². The minimum Gasteiger partial charge on any atom is -0.481 e. The molecule has 0 bridgehead atoms. The number of carboxylic acid groups (broad SMARTS) is 1. The molecule has 8 heteroatoms. The van der Waals surface area contributed by atoms with Crippen LogP contribution in [0.4, 0.5) is 11.6 Å². The van der Waals surface area contributed by atoms with Gasteiger partial charge in [-0.2, -0.15) is 0 Å². The summed E-state index contributed by atoms with van der Waals surface area (Å²) in [6, 6.07) is 9.84. The zero-order valence-electron chi connectivity index (χ0n) is 17.5. The number of nitrogens with one attached hydrogen (secondary N) is 2. The third-order valence-electron chi connectivity index (χ3n) is 5.63. The number of aromatic nitrogens is 3. The van der Waals surface area contributed by atoms with E-state index in [2.05, 4.69) is 20.6 Å². The van der Waals surface area contributed by atoms with E-state index in [1.54, 1.807) is 17.5 Å². The summed E-state index contributed by atoms with van der Waals surface area (Å²) in [6.45, 7) is 3.65. The van der Waals surface area contributed by atoms with Crippen LogP contribution in [0.3, 0.4) is 0 Å². The van der Waals surface area contributed by atoms with Crippen molar-refractivity contribution in [2.45, 2.75) is 39.2 Å². The highest BCUT2D eigenvalue weighted by molar-refractivity contribution is 7.15. The molecule has 3 heterocycles. The van der Waals surface area contributed by atoms with Crippen LogP contribution in [-0.2, 0) is 11.3 Å². The van der Waals surface area contributed by atoms with Gasteiger partial charge < -0.3 is 15.7 Å². The quantitative estimate of drug-likeness (QED) is 0.472. The number of hydrogen-bond donors (Lipinski definition) is 3. The summed E-state index contributed by atoms with van der Waals surface area (Å²) < 4.78 is 0. The Morgan fingerprint density at radius 1 is 1.16 bits per heavy atom. The molecular weight excluding hydrogens is 410 g/mol. The normalized spacial score (nSPS) is 18.6. The number of rotatable bonds is 8. The monoisotopic (exact) mass is 437 g/mol. The Balaban J connectivity index is 1.30. The molecule has 3 N–H and O–H groups in total. The maximum absolute atomic E-state index is 11.1. The first-order valence-electron chi connectivity index (χ1n) is 10.6. The number of carboxylic acids is 1. The minimum atomic E-state index is -0.648. The van der Waals surface area contributed by atoms with Crippen molar-refractivity contribution < 1.29 is 9.90 Å². The molecule has 0 amide bonds. The van der Waals surface area contributed by atoms with E-state index in [1.807, 2.05) is 43.5 Å². The molecule has 0 unspecified atom stereocenters. The van der Waals surface area contributed by atoms with Crippen molar-refractivity contribution in [3.05, 3.63) is 53.3 Å². The third kappa shape index (κ3) is 5.86. The molecule has 3 aromatic rings. The van der Waals surface area contributed by atoms with Crippen LogP contribution >= 0.6 is 11.3 Å². The average molecular weight is 438 g/mol. The molecule has 1 aliphatic carbocycles. The summed E-state index contributed by atoms with van der Waals surface area (Å²) in [5.41, 5.74) is 2.02.